The van der Waals surface area contributed by atoms with Crippen LogP contribution in [0.4, 0.5) is 0 Å². The number of rotatable bonds is 5. The molecule has 0 amide bonds. The summed E-state index contributed by atoms with van der Waals surface area (Å²) in [7, 11) is 0. The Kier molecular flexibility index (Phi) is 3.57. The number of carboxylic acids is 1. The van der Waals surface area contributed by atoms with E-state index >= 15 is 0 Å². The van der Waals surface area contributed by atoms with Crippen LogP contribution in [-0.2, 0) is 17.6 Å². The second kappa shape index (κ2) is 5.73. The first-order valence-corrected chi connectivity index (χ1v) is 9.97. The molecule has 1 aromatic heterocycles. The number of carbonyl (C=O) groups is 1. The highest BCUT2D eigenvalue weighted by Gasteiger charge is 2.71. The number of hydrogen-bond acceptors (Lipinski definition) is 2. The van der Waals surface area contributed by atoms with Gasteiger partial charge in [-0.2, -0.15) is 0 Å². The van der Waals surface area contributed by atoms with Gasteiger partial charge in [-0.05, 0) is 73.0 Å². The summed E-state index contributed by atoms with van der Waals surface area (Å²) in [6.07, 6.45) is 9.99. The van der Waals surface area contributed by atoms with Gasteiger partial charge in [0, 0.05) is 6.42 Å². The normalized spacial score (nSPS) is 34.9. The summed E-state index contributed by atoms with van der Waals surface area (Å²) in [6.45, 7) is 0. The molecule has 1 aromatic carbocycles. The van der Waals surface area contributed by atoms with Gasteiger partial charge >= 0.3 is 5.97 Å². The molecule has 3 fully saturated rings. The zero-order chi connectivity index (χ0) is 17.8. The van der Waals surface area contributed by atoms with Crippen molar-refractivity contribution in [2.45, 2.75) is 51.4 Å². The second-order valence-corrected chi connectivity index (χ2v) is 8.82. The van der Waals surface area contributed by atoms with Crippen molar-refractivity contribution in [3.8, 4) is 0 Å². The Bertz CT molecular complexity index is 823. The first-order chi connectivity index (χ1) is 12.6. The molecule has 2 aromatic rings. The van der Waals surface area contributed by atoms with E-state index in [1.54, 1.807) is 0 Å². The molecule has 3 aliphatic carbocycles. The quantitative estimate of drug-likeness (QED) is 0.818. The van der Waals surface area contributed by atoms with E-state index in [1.807, 2.05) is 24.5 Å². The van der Waals surface area contributed by atoms with Crippen molar-refractivity contribution >= 4 is 5.97 Å². The van der Waals surface area contributed by atoms with E-state index in [9.17, 15) is 9.90 Å². The van der Waals surface area contributed by atoms with Crippen LogP contribution >= 0.6 is 0 Å². The molecule has 3 saturated carbocycles. The summed E-state index contributed by atoms with van der Waals surface area (Å²) >= 11 is 0. The highest BCUT2D eigenvalue weighted by atomic mass is 16.4. The molecule has 4 unspecified atom stereocenters. The Hall–Kier alpha value is -2.03. The Labute approximate surface area is 154 Å². The number of furan rings is 1. The molecule has 3 nitrogen and oxygen atoms in total. The van der Waals surface area contributed by atoms with Gasteiger partial charge in [-0.25, -0.2) is 0 Å². The molecule has 2 bridgehead atoms. The lowest BCUT2D eigenvalue weighted by Gasteiger charge is -2.45. The summed E-state index contributed by atoms with van der Waals surface area (Å²) in [5.41, 5.74) is 1.89. The molecular weight excluding hydrogens is 324 g/mol. The molecule has 0 radical (unpaired) electrons. The van der Waals surface area contributed by atoms with Gasteiger partial charge in [-0.1, -0.05) is 36.8 Å². The van der Waals surface area contributed by atoms with Crippen molar-refractivity contribution in [1.82, 2.24) is 0 Å². The summed E-state index contributed by atoms with van der Waals surface area (Å²) in [4.78, 5) is 12.4. The lowest BCUT2D eigenvalue weighted by molar-refractivity contribution is -0.161. The number of hydrogen-bond donors (Lipinski definition) is 1. The summed E-state index contributed by atoms with van der Waals surface area (Å²) in [5.74, 6) is 1.48. The zero-order valence-corrected chi connectivity index (χ0v) is 15.1. The van der Waals surface area contributed by atoms with Crippen LogP contribution in [0.3, 0.4) is 0 Å². The van der Waals surface area contributed by atoms with Crippen LogP contribution in [0.1, 0.15) is 55.4 Å². The molecule has 1 N–H and O–H groups in total. The maximum absolute atomic E-state index is 12.4. The van der Waals surface area contributed by atoms with E-state index in [1.165, 1.54) is 17.5 Å². The van der Waals surface area contributed by atoms with E-state index in [4.69, 9.17) is 4.42 Å². The molecule has 0 spiro atoms. The monoisotopic (exact) mass is 350 g/mol. The van der Waals surface area contributed by atoms with Crippen LogP contribution in [0.25, 0.3) is 0 Å². The smallest absolute Gasteiger partial charge is 0.310 e. The third kappa shape index (κ3) is 2.15. The largest absolute Gasteiger partial charge is 0.481 e. The molecular formula is C23H26O3. The number of aliphatic carboxylic acids is 1. The van der Waals surface area contributed by atoms with Crippen molar-refractivity contribution in [3.05, 3.63) is 59.5 Å². The number of carboxylic acid groups (broad SMARTS) is 1. The van der Waals surface area contributed by atoms with Gasteiger partial charge in [0.1, 0.15) is 5.76 Å². The molecule has 136 valence electrons. The van der Waals surface area contributed by atoms with Crippen LogP contribution in [-0.4, -0.2) is 11.1 Å². The third-order valence-electron chi connectivity index (χ3n) is 7.73. The van der Waals surface area contributed by atoms with Gasteiger partial charge in [0.05, 0.1) is 11.7 Å². The molecule has 3 aliphatic rings. The minimum atomic E-state index is -0.532. The van der Waals surface area contributed by atoms with Gasteiger partial charge in [-0.15, -0.1) is 0 Å². The average molecular weight is 350 g/mol. The molecule has 3 heteroatoms. The average Bonchev–Trinajstić information content (AvgIpc) is 3.37. The van der Waals surface area contributed by atoms with E-state index in [0.717, 1.165) is 50.7 Å². The lowest BCUT2D eigenvalue weighted by Crippen LogP contribution is -2.48. The van der Waals surface area contributed by atoms with Crippen LogP contribution in [0.5, 0.6) is 0 Å². The van der Waals surface area contributed by atoms with Gasteiger partial charge in [0.25, 0.3) is 0 Å². The van der Waals surface area contributed by atoms with Crippen LogP contribution in [0.15, 0.2) is 47.1 Å². The Morgan fingerprint density at radius 1 is 1.15 bits per heavy atom. The highest BCUT2D eigenvalue weighted by Crippen LogP contribution is 2.73. The Morgan fingerprint density at radius 2 is 2.00 bits per heavy atom. The molecule has 0 saturated heterocycles. The maximum atomic E-state index is 12.4. The van der Waals surface area contributed by atoms with Crippen molar-refractivity contribution in [2.75, 3.05) is 0 Å². The lowest BCUT2D eigenvalue weighted by atomic mass is 9.57. The van der Waals surface area contributed by atoms with Crippen molar-refractivity contribution in [1.29, 1.82) is 0 Å². The topological polar surface area (TPSA) is 50.4 Å². The fraction of sp³-hybridized carbons (Fsp3) is 0.522. The van der Waals surface area contributed by atoms with Gasteiger partial charge < -0.3 is 9.52 Å². The molecule has 4 atom stereocenters. The first-order valence-electron chi connectivity index (χ1n) is 9.97. The van der Waals surface area contributed by atoms with Crippen molar-refractivity contribution < 1.29 is 14.3 Å². The van der Waals surface area contributed by atoms with Crippen molar-refractivity contribution in [3.63, 3.8) is 0 Å². The highest BCUT2D eigenvalue weighted by molar-refractivity contribution is 5.78. The molecule has 26 heavy (non-hydrogen) atoms. The fourth-order valence-electron chi connectivity index (χ4n) is 6.86. The predicted molar refractivity (Wildman–Crippen MR) is 98.8 cm³/mol. The van der Waals surface area contributed by atoms with Gasteiger partial charge in [0.2, 0.25) is 0 Å². The SMILES string of the molecule is O=C(O)C12CCCC1C1CCC2(Cc2coc(Cc3ccccc3)c2)C1. The minimum Gasteiger partial charge on any atom is -0.481 e. The van der Waals surface area contributed by atoms with Crippen molar-refractivity contribution in [2.24, 2.45) is 22.7 Å². The standard InChI is InChI=1S/C23H26O3/c24-21(25)23-9-4-7-20(23)18-8-10-22(23,14-18)13-17-12-19(26-15-17)11-16-5-2-1-3-6-16/h1-3,5-6,12,15,18,20H,4,7-11,13-14H2,(H,24,25). The van der Waals surface area contributed by atoms with Crippen LogP contribution < -0.4 is 0 Å². The maximum Gasteiger partial charge on any atom is 0.310 e. The fourth-order valence-corrected chi connectivity index (χ4v) is 6.86. The summed E-state index contributed by atoms with van der Waals surface area (Å²) < 4.78 is 5.84. The van der Waals surface area contributed by atoms with Gasteiger partial charge in [-0.3, -0.25) is 4.79 Å². The molecule has 5 rings (SSSR count). The second-order valence-electron chi connectivity index (χ2n) is 8.82. The van der Waals surface area contributed by atoms with E-state index in [-0.39, 0.29) is 5.41 Å². The van der Waals surface area contributed by atoms with E-state index < -0.39 is 11.4 Å². The molecule has 1 heterocycles. The summed E-state index contributed by atoms with van der Waals surface area (Å²) in [6, 6.07) is 12.5. The zero-order valence-electron chi connectivity index (χ0n) is 15.1. The summed E-state index contributed by atoms with van der Waals surface area (Å²) in [5, 5.41) is 10.2. The Morgan fingerprint density at radius 3 is 2.81 bits per heavy atom. The Balaban J connectivity index is 1.41. The van der Waals surface area contributed by atoms with E-state index in [0.29, 0.717) is 11.8 Å². The van der Waals surface area contributed by atoms with Crippen LogP contribution in [0.2, 0.25) is 0 Å². The number of benzene rings is 1. The first kappa shape index (κ1) is 16.2. The number of fused-ring (bicyclic) bond motifs is 5. The minimum absolute atomic E-state index is 0.0570. The van der Waals surface area contributed by atoms with Gasteiger partial charge in [0.15, 0.2) is 0 Å². The predicted octanol–water partition coefficient (Wildman–Crippen LogP) is 5.08. The third-order valence-corrected chi connectivity index (χ3v) is 7.73. The molecule has 0 aliphatic heterocycles. The van der Waals surface area contributed by atoms with E-state index in [2.05, 4.69) is 18.2 Å². The van der Waals surface area contributed by atoms with Crippen LogP contribution in [0, 0.1) is 22.7 Å².